The minimum absolute atomic E-state index is 0.0343. The molecule has 6 atom stereocenters. The van der Waals surface area contributed by atoms with Gasteiger partial charge in [0.15, 0.2) is 17.2 Å². The van der Waals surface area contributed by atoms with E-state index in [4.69, 9.17) is 0 Å². The van der Waals surface area contributed by atoms with Crippen LogP contribution in [0.1, 0.15) is 12.8 Å². The van der Waals surface area contributed by atoms with Crippen molar-refractivity contribution in [1.29, 1.82) is 0 Å². The molecule has 0 bridgehead atoms. The minimum atomic E-state index is -0.930. The van der Waals surface area contributed by atoms with Crippen LogP contribution in [0.5, 0.6) is 0 Å². The molecule has 5 nitrogen and oxygen atoms in total. The number of nitrogens with zero attached hydrogens (tertiary/aromatic N) is 2. The number of hydrogen-bond donors (Lipinski definition) is 1. The lowest BCUT2D eigenvalue weighted by Crippen LogP contribution is -2.60. The van der Waals surface area contributed by atoms with Gasteiger partial charge in [-0.25, -0.2) is 0 Å². The fourth-order valence-electron chi connectivity index (χ4n) is 7.32. The van der Waals surface area contributed by atoms with Gasteiger partial charge in [-0.2, -0.15) is 0 Å². The van der Waals surface area contributed by atoms with Crippen LogP contribution in [-0.2, 0) is 9.59 Å². The van der Waals surface area contributed by atoms with E-state index in [2.05, 4.69) is 27.2 Å². The average Bonchev–Trinajstić information content (AvgIpc) is 3.52. The van der Waals surface area contributed by atoms with Gasteiger partial charge in [0, 0.05) is 53.8 Å². The first-order chi connectivity index (χ1) is 16.2. The Labute approximate surface area is 193 Å². The molecule has 33 heavy (non-hydrogen) atoms. The molecular weight excluding hydrogens is 410 g/mol. The van der Waals surface area contributed by atoms with Crippen molar-refractivity contribution < 1.29 is 9.59 Å². The predicted molar refractivity (Wildman–Crippen MR) is 128 cm³/mol. The largest absolute Gasteiger partial charge is 0.364 e. The summed E-state index contributed by atoms with van der Waals surface area (Å²) < 4.78 is 0. The molecule has 0 aromatic heterocycles. The van der Waals surface area contributed by atoms with E-state index in [-0.39, 0.29) is 41.5 Å². The number of Topliss-reactive ketones (excluding diaryl/α,β-unsaturated/α-hetero) is 2. The molecule has 0 radical (unpaired) electrons. The van der Waals surface area contributed by atoms with Gasteiger partial charge in [0.05, 0.1) is 6.04 Å². The van der Waals surface area contributed by atoms with E-state index >= 15 is 0 Å². The Hall–Kier alpha value is -3.60. The number of hydrogen-bond acceptors (Lipinski definition) is 5. The second-order valence-corrected chi connectivity index (χ2v) is 9.69. The average molecular weight is 436 g/mol. The van der Waals surface area contributed by atoms with Crippen LogP contribution in [0.2, 0.25) is 0 Å². The lowest BCUT2D eigenvalue weighted by Gasteiger charge is -2.42. The number of nitrogens with one attached hydrogen (secondary N) is 1. The molecule has 2 aliphatic carbocycles. The normalized spacial score (nSPS) is 33.6. The summed E-state index contributed by atoms with van der Waals surface area (Å²) in [6.07, 6.45) is 1.02. The summed E-state index contributed by atoms with van der Waals surface area (Å²) in [7, 11) is 0. The Morgan fingerprint density at radius 2 is 1.33 bits per heavy atom. The highest BCUT2D eigenvalue weighted by Crippen LogP contribution is 2.63. The summed E-state index contributed by atoms with van der Waals surface area (Å²) in [5.74, 6) is 0.564. The molecule has 4 aliphatic rings. The zero-order valence-electron chi connectivity index (χ0n) is 18.2. The molecule has 5 heteroatoms. The maximum absolute atomic E-state index is 14.1. The minimum Gasteiger partial charge on any atom is -0.364 e. The SMILES string of the molecule is O=C1CC2C3C1N(c1ccccc1)C1(Nc4ccccc4)C(=O)CC(C31)N2c1ccccc1. The maximum atomic E-state index is 14.1. The maximum Gasteiger partial charge on any atom is 0.181 e. The quantitative estimate of drug-likeness (QED) is 0.668. The van der Waals surface area contributed by atoms with Crippen molar-refractivity contribution in [2.75, 3.05) is 15.1 Å². The molecular formula is C28H25N3O2. The van der Waals surface area contributed by atoms with E-state index in [1.807, 2.05) is 78.9 Å². The first kappa shape index (κ1) is 18.9. The Bertz CT molecular complexity index is 1230. The molecule has 164 valence electrons. The van der Waals surface area contributed by atoms with Crippen LogP contribution in [0.4, 0.5) is 17.1 Å². The Balaban J connectivity index is 1.44. The molecule has 2 saturated carbocycles. The van der Waals surface area contributed by atoms with Gasteiger partial charge in [0.1, 0.15) is 0 Å². The van der Waals surface area contributed by atoms with Gasteiger partial charge in [-0.05, 0) is 36.4 Å². The molecule has 6 unspecified atom stereocenters. The predicted octanol–water partition coefficient (Wildman–Crippen LogP) is 4.12. The topological polar surface area (TPSA) is 52.7 Å². The van der Waals surface area contributed by atoms with Gasteiger partial charge >= 0.3 is 0 Å². The Morgan fingerprint density at radius 3 is 2.00 bits per heavy atom. The van der Waals surface area contributed by atoms with Gasteiger partial charge in [-0.1, -0.05) is 54.6 Å². The standard InChI is InChI=1S/C28H25N3O2/c32-23-16-21-25-26-22(30(21)19-12-6-2-7-13-19)17-24(33)28(26,29-18-10-4-1-5-11-18)31(27(23)25)20-14-8-3-9-15-20/h1-15,21-22,25-27,29H,16-17H2. The Morgan fingerprint density at radius 1 is 0.727 bits per heavy atom. The van der Waals surface area contributed by atoms with Crippen molar-refractivity contribution in [3.8, 4) is 0 Å². The van der Waals surface area contributed by atoms with Gasteiger partial charge in [-0.3, -0.25) is 9.59 Å². The fourth-order valence-corrected chi connectivity index (χ4v) is 7.32. The molecule has 0 spiro atoms. The summed E-state index contributed by atoms with van der Waals surface area (Å²) >= 11 is 0. The number of para-hydroxylation sites is 3. The van der Waals surface area contributed by atoms with Crippen molar-refractivity contribution >= 4 is 28.6 Å². The third kappa shape index (κ3) is 2.37. The van der Waals surface area contributed by atoms with Crippen LogP contribution in [0, 0.1) is 11.8 Å². The molecule has 3 aromatic rings. The zero-order valence-corrected chi connectivity index (χ0v) is 18.2. The molecule has 2 saturated heterocycles. The van der Waals surface area contributed by atoms with E-state index < -0.39 is 5.66 Å². The third-order valence-electron chi connectivity index (χ3n) is 8.25. The highest BCUT2D eigenvalue weighted by Gasteiger charge is 2.78. The van der Waals surface area contributed by atoms with Crippen LogP contribution in [0.15, 0.2) is 91.0 Å². The van der Waals surface area contributed by atoms with Crippen molar-refractivity contribution in [2.24, 2.45) is 11.8 Å². The second-order valence-electron chi connectivity index (χ2n) is 9.69. The molecule has 4 fully saturated rings. The first-order valence-corrected chi connectivity index (χ1v) is 11.8. The van der Waals surface area contributed by atoms with E-state index in [1.54, 1.807) is 0 Å². The summed E-state index contributed by atoms with van der Waals surface area (Å²) in [5, 5.41) is 3.69. The van der Waals surface area contributed by atoms with Crippen molar-refractivity contribution in [3.05, 3.63) is 91.0 Å². The second kappa shape index (κ2) is 6.70. The molecule has 2 heterocycles. The lowest BCUT2D eigenvalue weighted by molar-refractivity contribution is -0.121. The lowest BCUT2D eigenvalue weighted by atomic mass is 9.86. The number of anilines is 3. The summed E-state index contributed by atoms with van der Waals surface area (Å²) in [4.78, 5) is 32.2. The van der Waals surface area contributed by atoms with Gasteiger partial charge in [0.25, 0.3) is 0 Å². The summed E-state index contributed by atoms with van der Waals surface area (Å²) in [6, 6.07) is 30.2. The van der Waals surface area contributed by atoms with Crippen LogP contribution in [0.3, 0.4) is 0 Å². The molecule has 7 rings (SSSR count). The molecule has 2 aliphatic heterocycles. The number of benzene rings is 3. The van der Waals surface area contributed by atoms with Gasteiger partial charge in [0.2, 0.25) is 0 Å². The highest BCUT2D eigenvalue weighted by atomic mass is 16.1. The van der Waals surface area contributed by atoms with Crippen molar-refractivity contribution in [1.82, 2.24) is 0 Å². The summed E-state index contributed by atoms with van der Waals surface area (Å²) in [6.45, 7) is 0. The van der Waals surface area contributed by atoms with Crippen molar-refractivity contribution in [3.63, 3.8) is 0 Å². The molecule has 3 aromatic carbocycles. The van der Waals surface area contributed by atoms with Crippen LogP contribution < -0.4 is 15.1 Å². The zero-order chi connectivity index (χ0) is 22.2. The number of rotatable bonds is 4. The van der Waals surface area contributed by atoms with Crippen LogP contribution >= 0.6 is 0 Å². The van der Waals surface area contributed by atoms with E-state index in [0.29, 0.717) is 12.8 Å². The molecule has 0 amide bonds. The van der Waals surface area contributed by atoms with Crippen LogP contribution in [0.25, 0.3) is 0 Å². The smallest absolute Gasteiger partial charge is 0.181 e. The Kier molecular flexibility index (Phi) is 3.84. The highest BCUT2D eigenvalue weighted by molar-refractivity contribution is 6.05. The number of carbonyl (C=O) groups excluding carboxylic acids is 2. The monoisotopic (exact) mass is 435 g/mol. The summed E-state index contributed by atoms with van der Waals surface area (Å²) in [5.41, 5.74) is 2.04. The van der Waals surface area contributed by atoms with Crippen molar-refractivity contribution in [2.45, 2.75) is 36.6 Å². The van der Waals surface area contributed by atoms with E-state index in [9.17, 15) is 9.59 Å². The first-order valence-electron chi connectivity index (χ1n) is 11.8. The van der Waals surface area contributed by atoms with Crippen LogP contribution in [-0.4, -0.2) is 35.4 Å². The molecule has 1 N–H and O–H groups in total. The van der Waals surface area contributed by atoms with Gasteiger partial charge < -0.3 is 15.1 Å². The van der Waals surface area contributed by atoms with E-state index in [0.717, 1.165) is 17.1 Å². The number of ketones is 2. The van der Waals surface area contributed by atoms with E-state index in [1.165, 1.54) is 0 Å². The number of carbonyl (C=O) groups is 2. The third-order valence-corrected chi connectivity index (χ3v) is 8.25. The van der Waals surface area contributed by atoms with Gasteiger partial charge in [-0.15, -0.1) is 0 Å². The fraction of sp³-hybridized carbons (Fsp3) is 0.286.